The van der Waals surface area contributed by atoms with E-state index in [0.29, 0.717) is 16.3 Å². The molecule has 0 bridgehead atoms. The molecule has 2 rings (SSSR count). The van der Waals surface area contributed by atoms with Crippen LogP contribution in [-0.2, 0) is 0 Å². The first-order valence-electron chi connectivity index (χ1n) is 6.51. The lowest BCUT2D eigenvalue weighted by molar-refractivity contribution is 0.102. The van der Waals surface area contributed by atoms with Crippen molar-refractivity contribution in [1.82, 2.24) is 0 Å². The molecule has 0 aromatic heterocycles. The van der Waals surface area contributed by atoms with Crippen molar-refractivity contribution >= 4 is 28.9 Å². The fourth-order valence-corrected chi connectivity index (χ4v) is 2.14. The molecule has 2 aromatic rings. The molecular formula is C16H17ClN2O. The Bertz CT molecular complexity index is 608. The van der Waals surface area contributed by atoms with Crippen molar-refractivity contribution in [1.29, 1.82) is 0 Å². The topological polar surface area (TPSA) is 41.1 Å². The van der Waals surface area contributed by atoms with Gasteiger partial charge >= 0.3 is 0 Å². The number of anilines is 2. The first-order valence-corrected chi connectivity index (χ1v) is 6.89. The van der Waals surface area contributed by atoms with Crippen LogP contribution in [0.15, 0.2) is 42.5 Å². The fourth-order valence-electron chi connectivity index (χ4n) is 1.86. The van der Waals surface area contributed by atoms with Crippen LogP contribution in [0.4, 0.5) is 11.4 Å². The van der Waals surface area contributed by atoms with E-state index in [-0.39, 0.29) is 5.91 Å². The molecule has 20 heavy (non-hydrogen) atoms. The lowest BCUT2D eigenvalue weighted by atomic mass is 10.1. The molecule has 0 unspecified atom stereocenters. The second-order valence-electron chi connectivity index (χ2n) is 4.55. The van der Waals surface area contributed by atoms with Crippen LogP contribution < -0.4 is 10.6 Å². The van der Waals surface area contributed by atoms with Crippen molar-refractivity contribution in [3.05, 3.63) is 58.6 Å². The summed E-state index contributed by atoms with van der Waals surface area (Å²) in [6.07, 6.45) is 0. The highest BCUT2D eigenvalue weighted by atomic mass is 35.5. The summed E-state index contributed by atoms with van der Waals surface area (Å²) < 4.78 is 0. The SMILES string of the molecule is CCNc1ccc(C(=O)Nc2ccc(C)cc2Cl)cc1. The summed E-state index contributed by atoms with van der Waals surface area (Å²) >= 11 is 6.10. The molecule has 104 valence electrons. The van der Waals surface area contributed by atoms with Crippen molar-refractivity contribution < 1.29 is 4.79 Å². The van der Waals surface area contributed by atoms with Gasteiger partial charge in [-0.25, -0.2) is 0 Å². The zero-order valence-corrected chi connectivity index (χ0v) is 12.3. The monoisotopic (exact) mass is 288 g/mol. The number of carbonyl (C=O) groups is 1. The van der Waals surface area contributed by atoms with Gasteiger partial charge in [-0.1, -0.05) is 17.7 Å². The minimum atomic E-state index is -0.168. The van der Waals surface area contributed by atoms with Gasteiger partial charge in [-0.3, -0.25) is 4.79 Å². The number of halogens is 1. The molecule has 0 aliphatic heterocycles. The molecule has 0 spiro atoms. The van der Waals surface area contributed by atoms with Gasteiger partial charge in [0, 0.05) is 17.8 Å². The summed E-state index contributed by atoms with van der Waals surface area (Å²) in [4.78, 5) is 12.1. The Balaban J connectivity index is 2.11. The Morgan fingerprint density at radius 2 is 1.85 bits per heavy atom. The lowest BCUT2D eigenvalue weighted by Gasteiger charge is -2.09. The molecule has 0 aliphatic rings. The number of hydrogen-bond donors (Lipinski definition) is 2. The van der Waals surface area contributed by atoms with Gasteiger partial charge in [-0.15, -0.1) is 0 Å². The molecule has 0 heterocycles. The molecule has 0 saturated carbocycles. The van der Waals surface area contributed by atoms with Crippen molar-refractivity contribution in [3.8, 4) is 0 Å². The minimum Gasteiger partial charge on any atom is -0.385 e. The summed E-state index contributed by atoms with van der Waals surface area (Å²) in [5.74, 6) is -0.168. The Kier molecular flexibility index (Phi) is 4.64. The van der Waals surface area contributed by atoms with E-state index in [1.165, 1.54) is 0 Å². The smallest absolute Gasteiger partial charge is 0.255 e. The third kappa shape index (κ3) is 3.52. The minimum absolute atomic E-state index is 0.168. The number of aryl methyl sites for hydroxylation is 1. The van der Waals surface area contributed by atoms with Gasteiger partial charge in [0.25, 0.3) is 5.91 Å². The summed E-state index contributed by atoms with van der Waals surface area (Å²) in [6, 6.07) is 12.9. The van der Waals surface area contributed by atoms with Crippen LogP contribution in [0, 0.1) is 6.92 Å². The molecule has 2 aromatic carbocycles. The van der Waals surface area contributed by atoms with Gasteiger partial charge in [-0.05, 0) is 55.8 Å². The molecule has 0 atom stereocenters. The normalized spacial score (nSPS) is 10.2. The van der Waals surface area contributed by atoms with E-state index < -0.39 is 0 Å². The Labute approximate surface area is 124 Å². The summed E-state index contributed by atoms with van der Waals surface area (Å²) in [5.41, 5.74) is 3.28. The van der Waals surface area contributed by atoms with Crippen LogP contribution in [0.5, 0.6) is 0 Å². The van der Waals surface area contributed by atoms with Crippen LogP contribution in [0.3, 0.4) is 0 Å². The lowest BCUT2D eigenvalue weighted by Crippen LogP contribution is -2.12. The summed E-state index contributed by atoms with van der Waals surface area (Å²) in [6.45, 7) is 4.83. The third-order valence-corrected chi connectivity index (χ3v) is 3.21. The number of amides is 1. The Morgan fingerprint density at radius 1 is 1.15 bits per heavy atom. The first-order chi connectivity index (χ1) is 9.60. The summed E-state index contributed by atoms with van der Waals surface area (Å²) in [7, 11) is 0. The van der Waals surface area contributed by atoms with Crippen molar-refractivity contribution in [2.24, 2.45) is 0 Å². The highest BCUT2D eigenvalue weighted by Crippen LogP contribution is 2.23. The molecule has 0 saturated heterocycles. The number of benzene rings is 2. The van der Waals surface area contributed by atoms with Crippen LogP contribution in [0.1, 0.15) is 22.8 Å². The number of rotatable bonds is 4. The van der Waals surface area contributed by atoms with E-state index in [2.05, 4.69) is 10.6 Å². The fraction of sp³-hybridized carbons (Fsp3) is 0.188. The summed E-state index contributed by atoms with van der Waals surface area (Å²) in [5, 5.41) is 6.54. The maximum absolute atomic E-state index is 12.1. The van der Waals surface area contributed by atoms with Gasteiger partial charge in [-0.2, -0.15) is 0 Å². The molecule has 0 radical (unpaired) electrons. The van der Waals surface area contributed by atoms with Crippen LogP contribution >= 0.6 is 11.6 Å². The zero-order chi connectivity index (χ0) is 14.5. The average molecular weight is 289 g/mol. The van der Waals surface area contributed by atoms with Crippen LogP contribution in [0.2, 0.25) is 5.02 Å². The molecule has 3 nitrogen and oxygen atoms in total. The Morgan fingerprint density at radius 3 is 2.45 bits per heavy atom. The quantitative estimate of drug-likeness (QED) is 0.879. The highest BCUT2D eigenvalue weighted by molar-refractivity contribution is 6.34. The van der Waals surface area contributed by atoms with E-state index in [1.54, 1.807) is 12.1 Å². The van der Waals surface area contributed by atoms with Gasteiger partial charge in [0.1, 0.15) is 0 Å². The second kappa shape index (κ2) is 6.44. The van der Waals surface area contributed by atoms with Crippen molar-refractivity contribution in [2.45, 2.75) is 13.8 Å². The third-order valence-electron chi connectivity index (χ3n) is 2.90. The van der Waals surface area contributed by atoms with E-state index in [9.17, 15) is 4.79 Å². The van der Waals surface area contributed by atoms with Gasteiger partial charge in [0.15, 0.2) is 0 Å². The number of nitrogens with one attached hydrogen (secondary N) is 2. The Hall–Kier alpha value is -2.00. The predicted molar refractivity (Wildman–Crippen MR) is 84.7 cm³/mol. The molecule has 1 amide bonds. The average Bonchev–Trinajstić information content (AvgIpc) is 2.43. The van der Waals surface area contributed by atoms with E-state index in [4.69, 9.17) is 11.6 Å². The largest absolute Gasteiger partial charge is 0.385 e. The van der Waals surface area contributed by atoms with E-state index >= 15 is 0 Å². The number of carbonyl (C=O) groups excluding carboxylic acids is 1. The van der Waals surface area contributed by atoms with Crippen LogP contribution in [-0.4, -0.2) is 12.5 Å². The second-order valence-corrected chi connectivity index (χ2v) is 4.95. The zero-order valence-electron chi connectivity index (χ0n) is 11.5. The molecule has 2 N–H and O–H groups in total. The van der Waals surface area contributed by atoms with E-state index in [0.717, 1.165) is 17.8 Å². The molecule has 0 aliphatic carbocycles. The van der Waals surface area contributed by atoms with Gasteiger partial charge < -0.3 is 10.6 Å². The first kappa shape index (κ1) is 14.4. The molecular weight excluding hydrogens is 272 g/mol. The van der Waals surface area contributed by atoms with Crippen molar-refractivity contribution in [3.63, 3.8) is 0 Å². The van der Waals surface area contributed by atoms with Gasteiger partial charge in [0.05, 0.1) is 10.7 Å². The highest BCUT2D eigenvalue weighted by Gasteiger charge is 2.08. The van der Waals surface area contributed by atoms with E-state index in [1.807, 2.05) is 44.2 Å². The number of hydrogen-bond acceptors (Lipinski definition) is 2. The molecule has 4 heteroatoms. The maximum atomic E-state index is 12.1. The van der Waals surface area contributed by atoms with Crippen molar-refractivity contribution in [2.75, 3.05) is 17.2 Å². The maximum Gasteiger partial charge on any atom is 0.255 e. The van der Waals surface area contributed by atoms with Crippen LogP contribution in [0.25, 0.3) is 0 Å². The molecule has 0 fully saturated rings. The predicted octanol–water partition coefficient (Wildman–Crippen LogP) is 4.33. The van der Waals surface area contributed by atoms with Gasteiger partial charge in [0.2, 0.25) is 0 Å². The standard InChI is InChI=1S/C16H17ClN2O/c1-3-18-13-7-5-12(6-8-13)16(20)19-15-9-4-11(2)10-14(15)17/h4-10,18H,3H2,1-2H3,(H,19,20).